The second kappa shape index (κ2) is 8.50. The van der Waals surface area contributed by atoms with Crippen molar-refractivity contribution in [3.63, 3.8) is 0 Å². The number of methoxy groups -OCH3 is 1. The molecule has 2 aromatic rings. The summed E-state index contributed by atoms with van der Waals surface area (Å²) in [5.41, 5.74) is 2.62. The maximum absolute atomic E-state index is 12.7. The van der Waals surface area contributed by atoms with E-state index in [1.165, 1.54) is 0 Å². The fourth-order valence-electron chi connectivity index (χ4n) is 2.43. The molecule has 0 aliphatic rings. The number of amides is 1. The molecule has 0 saturated heterocycles. The SMILES string of the molecule is COc1ccc(C(=O)N(C)Cc2ccccc2)cc1COC(C)C. The molecular weight excluding hydrogens is 302 g/mol. The van der Waals surface area contributed by atoms with E-state index in [0.29, 0.717) is 18.7 Å². The van der Waals surface area contributed by atoms with Crippen molar-refractivity contribution >= 4 is 5.91 Å². The van der Waals surface area contributed by atoms with E-state index in [4.69, 9.17) is 9.47 Å². The molecule has 0 aromatic heterocycles. The smallest absolute Gasteiger partial charge is 0.253 e. The van der Waals surface area contributed by atoms with Crippen molar-refractivity contribution in [3.8, 4) is 5.75 Å². The summed E-state index contributed by atoms with van der Waals surface area (Å²) in [5.74, 6) is 0.713. The molecule has 0 heterocycles. The normalized spacial score (nSPS) is 10.7. The molecule has 0 saturated carbocycles. The van der Waals surface area contributed by atoms with Gasteiger partial charge in [-0.3, -0.25) is 4.79 Å². The van der Waals surface area contributed by atoms with E-state index in [-0.39, 0.29) is 12.0 Å². The molecular formula is C20H25NO3. The lowest BCUT2D eigenvalue weighted by atomic mass is 10.1. The highest BCUT2D eigenvalue weighted by Gasteiger charge is 2.15. The summed E-state index contributed by atoms with van der Waals surface area (Å²) in [6.45, 7) is 4.96. The fraction of sp³-hybridized carbons (Fsp3) is 0.350. The van der Waals surface area contributed by atoms with Crippen molar-refractivity contribution in [2.75, 3.05) is 14.2 Å². The molecule has 24 heavy (non-hydrogen) atoms. The van der Waals surface area contributed by atoms with Crippen LogP contribution in [-0.4, -0.2) is 31.1 Å². The Kier molecular flexibility index (Phi) is 6.38. The van der Waals surface area contributed by atoms with Gasteiger partial charge in [-0.05, 0) is 37.6 Å². The molecule has 0 fully saturated rings. The first kappa shape index (κ1) is 18.0. The number of ether oxygens (including phenoxy) is 2. The van der Waals surface area contributed by atoms with Crippen LogP contribution < -0.4 is 4.74 Å². The van der Waals surface area contributed by atoms with Gasteiger partial charge in [0.2, 0.25) is 0 Å². The van der Waals surface area contributed by atoms with Crippen molar-refractivity contribution in [3.05, 3.63) is 65.2 Å². The van der Waals surface area contributed by atoms with Crippen molar-refractivity contribution in [1.29, 1.82) is 0 Å². The van der Waals surface area contributed by atoms with Crippen LogP contribution in [0.2, 0.25) is 0 Å². The van der Waals surface area contributed by atoms with Crippen molar-refractivity contribution in [1.82, 2.24) is 4.90 Å². The molecule has 0 unspecified atom stereocenters. The van der Waals surface area contributed by atoms with Gasteiger partial charge in [-0.2, -0.15) is 0 Å². The molecule has 4 nitrogen and oxygen atoms in total. The summed E-state index contributed by atoms with van der Waals surface area (Å²) in [7, 11) is 3.43. The van der Waals surface area contributed by atoms with E-state index in [0.717, 1.165) is 16.9 Å². The quantitative estimate of drug-likeness (QED) is 0.774. The number of nitrogens with zero attached hydrogens (tertiary/aromatic N) is 1. The molecule has 2 aromatic carbocycles. The van der Waals surface area contributed by atoms with Crippen LogP contribution in [0.1, 0.15) is 35.3 Å². The minimum absolute atomic E-state index is 0.0210. The molecule has 4 heteroatoms. The van der Waals surface area contributed by atoms with Gasteiger partial charge in [0.15, 0.2) is 0 Å². The zero-order valence-electron chi connectivity index (χ0n) is 14.8. The van der Waals surface area contributed by atoms with Crippen molar-refractivity contribution in [2.24, 2.45) is 0 Å². The third-order valence-corrected chi connectivity index (χ3v) is 3.71. The summed E-state index contributed by atoms with van der Waals surface area (Å²) in [6, 6.07) is 15.4. The van der Waals surface area contributed by atoms with Gasteiger partial charge < -0.3 is 14.4 Å². The lowest BCUT2D eigenvalue weighted by Gasteiger charge is -2.19. The van der Waals surface area contributed by atoms with Gasteiger partial charge in [0.1, 0.15) is 5.75 Å². The van der Waals surface area contributed by atoms with E-state index < -0.39 is 0 Å². The second-order valence-corrected chi connectivity index (χ2v) is 6.03. The third-order valence-electron chi connectivity index (χ3n) is 3.71. The lowest BCUT2D eigenvalue weighted by molar-refractivity contribution is 0.0643. The van der Waals surface area contributed by atoms with Crippen LogP contribution in [0.15, 0.2) is 48.5 Å². The summed E-state index contributed by atoms with van der Waals surface area (Å²) >= 11 is 0. The molecule has 0 N–H and O–H groups in total. The average molecular weight is 327 g/mol. The molecule has 2 rings (SSSR count). The first-order chi connectivity index (χ1) is 11.5. The van der Waals surface area contributed by atoms with Gasteiger partial charge in [0.25, 0.3) is 5.91 Å². The van der Waals surface area contributed by atoms with Crippen LogP contribution in [0.25, 0.3) is 0 Å². The zero-order chi connectivity index (χ0) is 17.5. The summed E-state index contributed by atoms with van der Waals surface area (Å²) < 4.78 is 11.0. The zero-order valence-corrected chi connectivity index (χ0v) is 14.8. The van der Waals surface area contributed by atoms with Gasteiger partial charge >= 0.3 is 0 Å². The topological polar surface area (TPSA) is 38.8 Å². The summed E-state index contributed by atoms with van der Waals surface area (Å²) in [6.07, 6.45) is 0.120. The van der Waals surface area contributed by atoms with Crippen molar-refractivity contribution in [2.45, 2.75) is 33.1 Å². The predicted molar refractivity (Wildman–Crippen MR) is 95.2 cm³/mol. The largest absolute Gasteiger partial charge is 0.496 e. The van der Waals surface area contributed by atoms with E-state index in [2.05, 4.69) is 0 Å². The second-order valence-electron chi connectivity index (χ2n) is 6.03. The number of benzene rings is 2. The van der Waals surface area contributed by atoms with Crippen LogP contribution >= 0.6 is 0 Å². The first-order valence-corrected chi connectivity index (χ1v) is 8.09. The van der Waals surface area contributed by atoms with E-state index in [1.54, 1.807) is 18.1 Å². The minimum atomic E-state index is -0.0210. The highest BCUT2D eigenvalue weighted by Crippen LogP contribution is 2.22. The number of rotatable bonds is 7. The Morgan fingerprint density at radius 2 is 1.83 bits per heavy atom. The third kappa shape index (κ3) is 4.83. The number of carbonyl (C=O) groups is 1. The maximum Gasteiger partial charge on any atom is 0.253 e. The van der Waals surface area contributed by atoms with E-state index in [9.17, 15) is 4.79 Å². The standard InChI is InChI=1S/C20H25NO3/c1-15(2)24-14-18-12-17(10-11-19(18)23-4)20(22)21(3)13-16-8-6-5-7-9-16/h5-12,15H,13-14H2,1-4H3. The Hall–Kier alpha value is -2.33. The summed E-state index contributed by atoms with van der Waals surface area (Å²) in [5, 5.41) is 0. The molecule has 0 spiro atoms. The van der Waals surface area contributed by atoms with Crippen LogP contribution in [-0.2, 0) is 17.9 Å². The van der Waals surface area contributed by atoms with Crippen LogP contribution in [0.3, 0.4) is 0 Å². The monoisotopic (exact) mass is 327 g/mol. The molecule has 128 valence electrons. The molecule has 0 aliphatic carbocycles. The molecule has 0 radical (unpaired) electrons. The Bertz CT molecular complexity index is 668. The summed E-state index contributed by atoms with van der Waals surface area (Å²) in [4.78, 5) is 14.4. The van der Waals surface area contributed by atoms with Crippen LogP contribution in [0.5, 0.6) is 5.75 Å². The van der Waals surface area contributed by atoms with Crippen molar-refractivity contribution < 1.29 is 14.3 Å². The van der Waals surface area contributed by atoms with E-state index in [1.807, 2.05) is 63.4 Å². The number of hydrogen-bond acceptors (Lipinski definition) is 3. The van der Waals surface area contributed by atoms with E-state index >= 15 is 0 Å². The fourth-order valence-corrected chi connectivity index (χ4v) is 2.43. The Morgan fingerprint density at radius 3 is 2.46 bits per heavy atom. The van der Waals surface area contributed by atoms with Crippen LogP contribution in [0, 0.1) is 0 Å². The van der Waals surface area contributed by atoms with Gasteiger partial charge in [0.05, 0.1) is 19.8 Å². The van der Waals surface area contributed by atoms with Gasteiger partial charge in [-0.25, -0.2) is 0 Å². The maximum atomic E-state index is 12.7. The van der Waals surface area contributed by atoms with Crippen LogP contribution in [0.4, 0.5) is 0 Å². The molecule has 0 aliphatic heterocycles. The Labute approximate surface area is 144 Å². The molecule has 0 bridgehead atoms. The lowest BCUT2D eigenvalue weighted by Crippen LogP contribution is -2.26. The molecule has 1 amide bonds. The first-order valence-electron chi connectivity index (χ1n) is 8.09. The average Bonchev–Trinajstić information content (AvgIpc) is 2.59. The van der Waals surface area contributed by atoms with Gasteiger partial charge in [-0.1, -0.05) is 30.3 Å². The number of hydrogen-bond donors (Lipinski definition) is 0. The molecule has 0 atom stereocenters. The predicted octanol–water partition coefficient (Wildman–Crippen LogP) is 3.89. The Balaban J connectivity index is 2.14. The van der Waals surface area contributed by atoms with Gasteiger partial charge in [0, 0.05) is 24.7 Å². The highest BCUT2D eigenvalue weighted by atomic mass is 16.5. The highest BCUT2D eigenvalue weighted by molar-refractivity contribution is 5.94. The number of carbonyl (C=O) groups excluding carboxylic acids is 1. The van der Waals surface area contributed by atoms with Gasteiger partial charge in [-0.15, -0.1) is 0 Å². The Morgan fingerprint density at radius 1 is 1.12 bits per heavy atom. The minimum Gasteiger partial charge on any atom is -0.496 e.